The summed E-state index contributed by atoms with van der Waals surface area (Å²) in [6, 6.07) is 8.94. The smallest absolute Gasteiger partial charge is 0.396 e. The number of carbonyl (C=O) groups is 1. The van der Waals surface area contributed by atoms with E-state index in [0.29, 0.717) is 36.3 Å². The van der Waals surface area contributed by atoms with Gasteiger partial charge in [0.15, 0.2) is 0 Å². The molecule has 3 N–H and O–H groups in total. The third-order valence-corrected chi connectivity index (χ3v) is 8.07. The van der Waals surface area contributed by atoms with Crippen molar-refractivity contribution in [3.63, 3.8) is 0 Å². The summed E-state index contributed by atoms with van der Waals surface area (Å²) >= 11 is 0. The average Bonchev–Trinajstić information content (AvgIpc) is 3.25. The van der Waals surface area contributed by atoms with Gasteiger partial charge in [-0.1, -0.05) is 19.1 Å². The standard InChI is InChI=1S/C30H36F5N5O2/c1-3-8-39(9-5-10-41)15-20-11-23-24(25(12-20)30(33,34)35)16-40(27(23)42)22-7-4-6-21(13-22)28(17-29(31,32)18-28)14-26(37)38(2)19-36/h4,6-7,11-13,19,36-37,41H,3,5,8-10,14-18H2,1-2H3. The van der Waals surface area contributed by atoms with Crippen LogP contribution in [0, 0.1) is 10.8 Å². The molecule has 0 unspecified atom stereocenters. The molecule has 228 valence electrons. The quantitative estimate of drug-likeness (QED) is 0.159. The molecule has 0 radical (unpaired) electrons. The van der Waals surface area contributed by atoms with Crippen molar-refractivity contribution in [1.82, 2.24) is 9.80 Å². The fourth-order valence-corrected chi connectivity index (χ4v) is 6.06. The Labute approximate surface area is 241 Å². The van der Waals surface area contributed by atoms with Crippen LogP contribution in [0.1, 0.15) is 71.6 Å². The molecule has 1 amide bonds. The Hall–Kier alpha value is -3.38. The Balaban J connectivity index is 1.68. The molecule has 1 aliphatic heterocycles. The van der Waals surface area contributed by atoms with Crippen LogP contribution in [0.5, 0.6) is 0 Å². The molecule has 2 aromatic rings. The second kappa shape index (κ2) is 12.1. The summed E-state index contributed by atoms with van der Waals surface area (Å²) < 4.78 is 71.1. The van der Waals surface area contributed by atoms with Gasteiger partial charge in [0.2, 0.25) is 5.92 Å². The lowest BCUT2D eigenvalue weighted by Gasteiger charge is -2.48. The summed E-state index contributed by atoms with van der Waals surface area (Å²) in [6.45, 7) is 2.92. The summed E-state index contributed by atoms with van der Waals surface area (Å²) in [7, 11) is 1.48. The number of aliphatic hydroxyl groups excluding tert-OH is 1. The second-order valence-corrected chi connectivity index (χ2v) is 11.3. The van der Waals surface area contributed by atoms with E-state index in [1.165, 1.54) is 22.9 Å². The van der Waals surface area contributed by atoms with Gasteiger partial charge in [0.25, 0.3) is 5.91 Å². The van der Waals surface area contributed by atoms with Crippen LogP contribution < -0.4 is 4.90 Å². The van der Waals surface area contributed by atoms with Gasteiger partial charge in [-0.3, -0.25) is 20.5 Å². The van der Waals surface area contributed by atoms with E-state index in [9.17, 15) is 31.9 Å². The number of alkyl halides is 5. The molecule has 0 aromatic heterocycles. The fraction of sp³-hybridized carbons (Fsp3) is 0.500. The summed E-state index contributed by atoms with van der Waals surface area (Å²) in [5.41, 5.74) is -1.04. The molecule has 0 atom stereocenters. The molecule has 0 spiro atoms. The Morgan fingerprint density at radius 2 is 1.88 bits per heavy atom. The van der Waals surface area contributed by atoms with Crippen LogP contribution >= 0.6 is 0 Å². The molecule has 2 aromatic carbocycles. The maximum atomic E-state index is 14.2. The number of amides is 1. The van der Waals surface area contributed by atoms with Crippen molar-refractivity contribution in [1.29, 1.82) is 10.8 Å². The normalized spacial score (nSPS) is 17.3. The van der Waals surface area contributed by atoms with E-state index >= 15 is 0 Å². The van der Waals surface area contributed by atoms with E-state index < -0.39 is 41.8 Å². The predicted octanol–water partition coefficient (Wildman–Crippen LogP) is 6.03. The van der Waals surface area contributed by atoms with Crippen molar-refractivity contribution < 1.29 is 31.9 Å². The van der Waals surface area contributed by atoms with Gasteiger partial charge in [-0.05, 0) is 60.3 Å². The zero-order valence-electron chi connectivity index (χ0n) is 23.7. The first-order valence-corrected chi connectivity index (χ1v) is 13.9. The van der Waals surface area contributed by atoms with Gasteiger partial charge in [0.05, 0.1) is 18.4 Å². The van der Waals surface area contributed by atoms with Gasteiger partial charge >= 0.3 is 6.18 Å². The average molecular weight is 594 g/mol. The summed E-state index contributed by atoms with van der Waals surface area (Å²) in [4.78, 5) is 18.0. The number of hydrogen-bond acceptors (Lipinski definition) is 5. The lowest BCUT2D eigenvalue weighted by atomic mass is 9.60. The maximum absolute atomic E-state index is 14.2. The molecule has 4 rings (SSSR count). The highest BCUT2D eigenvalue weighted by Crippen LogP contribution is 2.56. The van der Waals surface area contributed by atoms with Crippen molar-refractivity contribution in [3.8, 4) is 0 Å². The first-order valence-electron chi connectivity index (χ1n) is 13.9. The zero-order valence-corrected chi connectivity index (χ0v) is 23.7. The first kappa shape index (κ1) is 31.6. The molecule has 7 nitrogen and oxygen atoms in total. The van der Waals surface area contributed by atoms with Crippen LogP contribution in [0.25, 0.3) is 0 Å². The summed E-state index contributed by atoms with van der Waals surface area (Å²) in [6.07, 6.45) is -3.61. The lowest BCUT2D eigenvalue weighted by molar-refractivity contribution is -0.138. The van der Waals surface area contributed by atoms with Crippen molar-refractivity contribution in [2.75, 3.05) is 31.6 Å². The highest BCUT2D eigenvalue weighted by atomic mass is 19.4. The van der Waals surface area contributed by atoms with Gasteiger partial charge in [-0.2, -0.15) is 13.2 Å². The Kier molecular flexibility index (Phi) is 9.08. The highest BCUT2D eigenvalue weighted by molar-refractivity contribution is 6.10. The Bertz CT molecular complexity index is 1340. The van der Waals surface area contributed by atoms with Crippen LogP contribution in [0.2, 0.25) is 0 Å². The minimum Gasteiger partial charge on any atom is -0.396 e. The van der Waals surface area contributed by atoms with Gasteiger partial charge < -0.3 is 14.9 Å². The van der Waals surface area contributed by atoms with Crippen LogP contribution in [-0.4, -0.2) is 65.7 Å². The number of carbonyl (C=O) groups excluding carboxylic acids is 1. The molecule has 0 saturated heterocycles. The number of hydrogen-bond donors (Lipinski definition) is 3. The largest absolute Gasteiger partial charge is 0.416 e. The van der Waals surface area contributed by atoms with E-state index in [2.05, 4.69) is 0 Å². The molecule has 0 bridgehead atoms. The molecular formula is C30H36F5N5O2. The Morgan fingerprint density at radius 3 is 2.48 bits per heavy atom. The number of fused-ring (bicyclic) bond motifs is 1. The number of anilines is 1. The molecule has 1 saturated carbocycles. The minimum absolute atomic E-state index is 0.0194. The molecular weight excluding hydrogens is 557 g/mol. The van der Waals surface area contributed by atoms with Crippen molar-refractivity contribution in [2.24, 2.45) is 0 Å². The number of aliphatic hydroxyl groups is 1. The van der Waals surface area contributed by atoms with Crippen LogP contribution in [-0.2, 0) is 24.7 Å². The lowest BCUT2D eigenvalue weighted by Crippen LogP contribution is -2.51. The van der Waals surface area contributed by atoms with Crippen LogP contribution in [0.15, 0.2) is 36.4 Å². The number of amidine groups is 1. The van der Waals surface area contributed by atoms with E-state index in [4.69, 9.17) is 10.8 Å². The zero-order chi connectivity index (χ0) is 30.9. The number of rotatable bonds is 12. The number of halogens is 5. The third-order valence-electron chi connectivity index (χ3n) is 8.07. The van der Waals surface area contributed by atoms with E-state index in [1.54, 1.807) is 24.3 Å². The van der Waals surface area contributed by atoms with Crippen molar-refractivity contribution >= 4 is 23.8 Å². The predicted molar refractivity (Wildman–Crippen MR) is 150 cm³/mol. The number of nitrogens with zero attached hydrogens (tertiary/aromatic N) is 3. The van der Waals surface area contributed by atoms with Gasteiger partial charge in [0.1, 0.15) is 5.84 Å². The van der Waals surface area contributed by atoms with Crippen LogP contribution in [0.3, 0.4) is 0 Å². The molecule has 2 aliphatic rings. The van der Waals surface area contributed by atoms with Crippen LogP contribution in [0.4, 0.5) is 27.6 Å². The molecule has 1 fully saturated rings. The van der Waals surface area contributed by atoms with Crippen molar-refractivity contribution in [2.45, 2.75) is 69.6 Å². The number of nitrogens with one attached hydrogen (secondary N) is 2. The van der Waals surface area contributed by atoms with E-state index in [1.807, 2.05) is 11.8 Å². The molecule has 12 heteroatoms. The second-order valence-electron chi connectivity index (χ2n) is 11.3. The highest BCUT2D eigenvalue weighted by Gasteiger charge is 2.57. The maximum Gasteiger partial charge on any atom is 0.416 e. The van der Waals surface area contributed by atoms with Crippen molar-refractivity contribution in [3.05, 3.63) is 64.2 Å². The van der Waals surface area contributed by atoms with Gasteiger partial charge in [-0.25, -0.2) is 8.78 Å². The Morgan fingerprint density at radius 1 is 1.17 bits per heavy atom. The summed E-state index contributed by atoms with van der Waals surface area (Å²) in [5.74, 6) is -3.55. The van der Waals surface area contributed by atoms with E-state index in [-0.39, 0.29) is 43.1 Å². The first-order chi connectivity index (χ1) is 19.7. The van der Waals surface area contributed by atoms with E-state index in [0.717, 1.165) is 18.8 Å². The molecule has 42 heavy (non-hydrogen) atoms. The van der Waals surface area contributed by atoms with Gasteiger partial charge in [0, 0.05) is 62.7 Å². The number of benzene rings is 2. The minimum atomic E-state index is -4.69. The molecule has 1 aliphatic carbocycles. The third kappa shape index (κ3) is 6.49. The van der Waals surface area contributed by atoms with Gasteiger partial charge in [-0.15, -0.1) is 0 Å². The molecule has 1 heterocycles. The fourth-order valence-electron chi connectivity index (χ4n) is 6.06. The summed E-state index contributed by atoms with van der Waals surface area (Å²) in [5, 5.41) is 24.8. The monoisotopic (exact) mass is 593 g/mol. The topological polar surface area (TPSA) is 94.7 Å². The SMILES string of the molecule is CCCN(CCCO)Cc1cc2c(c(C(F)(F)F)c1)CN(c1cccc(C3(CC(=N)N(C)C=N)CC(F)(F)C3)c1)C2=O.